The third kappa shape index (κ3) is 1.83. The molecule has 0 unspecified atom stereocenters. The quantitative estimate of drug-likeness (QED) is 0.829. The smallest absolute Gasteiger partial charge is 0.137 e. The molecule has 15 heavy (non-hydrogen) atoms. The first-order chi connectivity index (χ1) is 7.35. The van der Waals surface area contributed by atoms with Gasteiger partial charge in [-0.15, -0.1) is 0 Å². The molecule has 2 rings (SSSR count). The summed E-state index contributed by atoms with van der Waals surface area (Å²) in [6.45, 7) is 2.88. The summed E-state index contributed by atoms with van der Waals surface area (Å²) in [4.78, 5) is 8.39. The Hall–Kier alpha value is -1.84. The van der Waals surface area contributed by atoms with Gasteiger partial charge in [0, 0.05) is 18.0 Å². The highest BCUT2D eigenvalue weighted by atomic mass is 16.5. The molecule has 0 saturated heterocycles. The highest BCUT2D eigenvalue weighted by Gasteiger charge is 2.03. The number of aromatic nitrogens is 2. The Balaban J connectivity index is 2.56. The SMILES string of the molecule is CCNc1ncnc2cc(OC)ccc12. The van der Waals surface area contributed by atoms with Crippen LogP contribution in [0.2, 0.25) is 0 Å². The number of rotatable bonds is 3. The highest BCUT2D eigenvalue weighted by Crippen LogP contribution is 2.23. The molecule has 0 atom stereocenters. The maximum Gasteiger partial charge on any atom is 0.137 e. The molecule has 0 radical (unpaired) electrons. The van der Waals surface area contributed by atoms with Gasteiger partial charge >= 0.3 is 0 Å². The monoisotopic (exact) mass is 203 g/mol. The number of methoxy groups -OCH3 is 1. The molecule has 2 aromatic rings. The van der Waals surface area contributed by atoms with Gasteiger partial charge in [-0.25, -0.2) is 9.97 Å². The lowest BCUT2D eigenvalue weighted by molar-refractivity contribution is 0.415. The number of hydrogen-bond acceptors (Lipinski definition) is 4. The molecular formula is C11H13N3O. The third-order valence-corrected chi connectivity index (χ3v) is 2.19. The van der Waals surface area contributed by atoms with E-state index >= 15 is 0 Å². The number of benzene rings is 1. The lowest BCUT2D eigenvalue weighted by atomic mass is 10.2. The Bertz CT molecular complexity index is 470. The van der Waals surface area contributed by atoms with Crippen LogP contribution < -0.4 is 10.1 Å². The van der Waals surface area contributed by atoms with Crippen LogP contribution in [0.25, 0.3) is 10.9 Å². The van der Waals surface area contributed by atoms with Crippen LogP contribution >= 0.6 is 0 Å². The molecule has 78 valence electrons. The van der Waals surface area contributed by atoms with Gasteiger partial charge in [-0.2, -0.15) is 0 Å². The van der Waals surface area contributed by atoms with Gasteiger partial charge in [0.1, 0.15) is 17.9 Å². The predicted molar refractivity (Wildman–Crippen MR) is 60.3 cm³/mol. The van der Waals surface area contributed by atoms with Crippen LogP contribution in [-0.4, -0.2) is 23.6 Å². The molecule has 1 aromatic heterocycles. The van der Waals surface area contributed by atoms with Crippen LogP contribution in [0.4, 0.5) is 5.82 Å². The van der Waals surface area contributed by atoms with Crippen molar-refractivity contribution >= 4 is 16.7 Å². The van der Waals surface area contributed by atoms with Gasteiger partial charge in [-0.1, -0.05) is 0 Å². The van der Waals surface area contributed by atoms with Crippen molar-refractivity contribution in [1.82, 2.24) is 9.97 Å². The van der Waals surface area contributed by atoms with Crippen LogP contribution in [0.3, 0.4) is 0 Å². The summed E-state index contributed by atoms with van der Waals surface area (Å²) in [6, 6.07) is 5.77. The van der Waals surface area contributed by atoms with Crippen molar-refractivity contribution in [2.45, 2.75) is 6.92 Å². The van der Waals surface area contributed by atoms with E-state index in [4.69, 9.17) is 4.74 Å². The zero-order valence-corrected chi connectivity index (χ0v) is 8.82. The van der Waals surface area contributed by atoms with Crippen LogP contribution in [0, 0.1) is 0 Å². The van der Waals surface area contributed by atoms with Crippen LogP contribution in [-0.2, 0) is 0 Å². The number of hydrogen-bond donors (Lipinski definition) is 1. The molecule has 4 nitrogen and oxygen atoms in total. The van der Waals surface area contributed by atoms with Crippen molar-refractivity contribution in [2.75, 3.05) is 19.0 Å². The van der Waals surface area contributed by atoms with Gasteiger partial charge in [0.25, 0.3) is 0 Å². The summed E-state index contributed by atoms with van der Waals surface area (Å²) in [5, 5.41) is 4.21. The molecule has 0 bridgehead atoms. The predicted octanol–water partition coefficient (Wildman–Crippen LogP) is 2.07. The van der Waals surface area contributed by atoms with Crippen molar-refractivity contribution in [1.29, 1.82) is 0 Å². The molecule has 4 heteroatoms. The molecule has 0 saturated carbocycles. The summed E-state index contributed by atoms with van der Waals surface area (Å²) >= 11 is 0. The van der Waals surface area contributed by atoms with Crippen molar-refractivity contribution in [2.24, 2.45) is 0 Å². The van der Waals surface area contributed by atoms with E-state index in [1.54, 1.807) is 13.4 Å². The van der Waals surface area contributed by atoms with Gasteiger partial charge in [0.05, 0.1) is 12.6 Å². The molecule has 0 fully saturated rings. The van der Waals surface area contributed by atoms with Gasteiger partial charge in [0.15, 0.2) is 0 Å². The van der Waals surface area contributed by atoms with E-state index in [0.29, 0.717) is 0 Å². The van der Waals surface area contributed by atoms with Gasteiger partial charge in [-0.05, 0) is 19.1 Å². The van der Waals surface area contributed by atoms with Crippen LogP contribution in [0.1, 0.15) is 6.92 Å². The average Bonchev–Trinajstić information content (AvgIpc) is 2.29. The fourth-order valence-corrected chi connectivity index (χ4v) is 1.47. The van der Waals surface area contributed by atoms with Gasteiger partial charge < -0.3 is 10.1 Å². The topological polar surface area (TPSA) is 47.0 Å². The number of anilines is 1. The van der Waals surface area contributed by atoms with Crippen molar-refractivity contribution < 1.29 is 4.74 Å². The first-order valence-electron chi connectivity index (χ1n) is 4.87. The maximum atomic E-state index is 5.14. The van der Waals surface area contributed by atoms with E-state index < -0.39 is 0 Å². The van der Waals surface area contributed by atoms with E-state index in [1.165, 1.54) is 0 Å². The molecule has 0 aliphatic carbocycles. The van der Waals surface area contributed by atoms with Gasteiger partial charge in [0.2, 0.25) is 0 Å². The molecule has 0 amide bonds. The fourth-order valence-electron chi connectivity index (χ4n) is 1.47. The van der Waals surface area contributed by atoms with Crippen molar-refractivity contribution in [3.05, 3.63) is 24.5 Å². The van der Waals surface area contributed by atoms with Crippen molar-refractivity contribution in [3.63, 3.8) is 0 Å². The summed E-state index contributed by atoms with van der Waals surface area (Å²) < 4.78 is 5.14. The Morgan fingerprint density at radius 1 is 1.33 bits per heavy atom. The average molecular weight is 203 g/mol. The number of fused-ring (bicyclic) bond motifs is 1. The molecule has 1 aromatic carbocycles. The zero-order chi connectivity index (χ0) is 10.7. The lowest BCUT2D eigenvalue weighted by Gasteiger charge is -2.06. The van der Waals surface area contributed by atoms with Crippen molar-refractivity contribution in [3.8, 4) is 5.75 Å². The summed E-state index contributed by atoms with van der Waals surface area (Å²) in [6.07, 6.45) is 1.56. The molecule has 0 aliphatic heterocycles. The fraction of sp³-hybridized carbons (Fsp3) is 0.273. The van der Waals surface area contributed by atoms with E-state index in [1.807, 2.05) is 25.1 Å². The normalized spacial score (nSPS) is 10.3. The minimum absolute atomic E-state index is 0.809. The number of ether oxygens (including phenoxy) is 1. The number of nitrogens with one attached hydrogen (secondary N) is 1. The first kappa shape index (κ1) is 9.71. The second-order valence-corrected chi connectivity index (χ2v) is 3.14. The summed E-state index contributed by atoms with van der Waals surface area (Å²) in [5.41, 5.74) is 0.889. The molecule has 1 heterocycles. The molecule has 0 aliphatic rings. The Morgan fingerprint density at radius 3 is 2.93 bits per heavy atom. The largest absolute Gasteiger partial charge is 0.497 e. The van der Waals surface area contributed by atoms with Gasteiger partial charge in [-0.3, -0.25) is 0 Å². The summed E-state index contributed by atoms with van der Waals surface area (Å²) in [5.74, 6) is 1.67. The second kappa shape index (κ2) is 4.13. The third-order valence-electron chi connectivity index (χ3n) is 2.19. The second-order valence-electron chi connectivity index (χ2n) is 3.14. The van der Waals surface area contributed by atoms with E-state index in [-0.39, 0.29) is 0 Å². The minimum atomic E-state index is 0.809. The van der Waals surface area contributed by atoms with Crippen LogP contribution in [0.15, 0.2) is 24.5 Å². The Morgan fingerprint density at radius 2 is 2.20 bits per heavy atom. The lowest BCUT2D eigenvalue weighted by Crippen LogP contribution is -2.00. The highest BCUT2D eigenvalue weighted by molar-refractivity contribution is 5.89. The molecule has 1 N–H and O–H groups in total. The first-order valence-corrected chi connectivity index (χ1v) is 4.87. The standard InChI is InChI=1S/C11H13N3O/c1-3-12-11-9-5-4-8(15-2)6-10(9)13-7-14-11/h4-7H,3H2,1-2H3,(H,12,13,14). The molecule has 0 spiro atoms. The maximum absolute atomic E-state index is 5.14. The summed E-state index contributed by atoms with van der Waals surface area (Å²) in [7, 11) is 1.65. The van der Waals surface area contributed by atoms with E-state index in [2.05, 4.69) is 15.3 Å². The van der Waals surface area contributed by atoms with Crippen LogP contribution in [0.5, 0.6) is 5.75 Å². The molecular weight excluding hydrogens is 190 g/mol. The number of nitrogens with zero attached hydrogens (tertiary/aromatic N) is 2. The minimum Gasteiger partial charge on any atom is -0.497 e. The van der Waals surface area contributed by atoms with E-state index in [0.717, 1.165) is 29.0 Å². The van der Waals surface area contributed by atoms with E-state index in [9.17, 15) is 0 Å². The zero-order valence-electron chi connectivity index (χ0n) is 8.82. The Labute approximate surface area is 88.3 Å². The Kier molecular flexibility index (Phi) is 2.67.